The average Bonchev–Trinajstić information content (AvgIpc) is 3.16. The highest BCUT2D eigenvalue weighted by atomic mass is 16.5. The minimum atomic E-state index is 0.0343. The topological polar surface area (TPSA) is 84.2 Å². The maximum atomic E-state index is 12.6. The van der Waals surface area contributed by atoms with Gasteiger partial charge in [-0.3, -0.25) is 14.5 Å². The molecule has 1 fully saturated rings. The van der Waals surface area contributed by atoms with Gasteiger partial charge >= 0.3 is 0 Å². The van der Waals surface area contributed by atoms with E-state index in [1.807, 2.05) is 36.3 Å². The summed E-state index contributed by atoms with van der Waals surface area (Å²) in [5.74, 6) is 2.19. The van der Waals surface area contributed by atoms with Crippen LogP contribution in [-0.2, 0) is 18.3 Å². The lowest BCUT2D eigenvalue weighted by atomic mass is 10.1. The third-order valence-electron chi connectivity index (χ3n) is 4.88. The van der Waals surface area contributed by atoms with Crippen LogP contribution in [0.2, 0.25) is 0 Å². The van der Waals surface area contributed by atoms with E-state index in [4.69, 9.17) is 9.47 Å². The van der Waals surface area contributed by atoms with Crippen LogP contribution in [-0.4, -0.2) is 74.0 Å². The van der Waals surface area contributed by atoms with Crippen molar-refractivity contribution in [2.75, 3.05) is 52.3 Å². The number of amides is 1. The Morgan fingerprint density at radius 1 is 1.24 bits per heavy atom. The lowest BCUT2D eigenvalue weighted by molar-refractivity contribution is -0.120. The molecule has 0 saturated carbocycles. The number of piperazine rings is 1. The number of nitrogens with one attached hydrogen (secondary N) is 1. The summed E-state index contributed by atoms with van der Waals surface area (Å²) in [5.41, 5.74) is 1.96. The van der Waals surface area contributed by atoms with E-state index in [1.165, 1.54) is 0 Å². The molecule has 0 aliphatic carbocycles. The van der Waals surface area contributed by atoms with Gasteiger partial charge in [0.1, 0.15) is 6.54 Å². The van der Waals surface area contributed by atoms with Crippen molar-refractivity contribution in [3.63, 3.8) is 0 Å². The Balaban J connectivity index is 1.54. The van der Waals surface area contributed by atoms with Crippen molar-refractivity contribution in [3.05, 3.63) is 36.2 Å². The number of benzene rings is 1. The zero-order valence-corrected chi connectivity index (χ0v) is 17.4. The maximum absolute atomic E-state index is 12.6. The van der Waals surface area contributed by atoms with Crippen LogP contribution in [0.1, 0.15) is 5.56 Å². The lowest BCUT2D eigenvalue weighted by Crippen LogP contribution is -2.55. The number of carbonyl (C=O) groups is 1. The van der Waals surface area contributed by atoms with Gasteiger partial charge in [0, 0.05) is 39.9 Å². The second-order valence-electron chi connectivity index (χ2n) is 6.75. The summed E-state index contributed by atoms with van der Waals surface area (Å²) in [6.45, 7) is 2.28. The summed E-state index contributed by atoms with van der Waals surface area (Å²) in [4.78, 5) is 20.7. The highest BCUT2D eigenvalue weighted by Crippen LogP contribution is 2.27. The Bertz CT molecular complexity index is 879. The molecule has 0 atom stereocenters. The second-order valence-corrected chi connectivity index (χ2v) is 6.75. The zero-order chi connectivity index (χ0) is 20.8. The first-order chi connectivity index (χ1) is 14.0. The van der Waals surface area contributed by atoms with E-state index >= 15 is 0 Å². The maximum Gasteiger partial charge on any atom is 0.246 e. The largest absolute Gasteiger partial charge is 0.493 e. The van der Waals surface area contributed by atoms with Crippen molar-refractivity contribution in [3.8, 4) is 11.5 Å². The predicted octanol–water partition coefficient (Wildman–Crippen LogP) is 0.904. The summed E-state index contributed by atoms with van der Waals surface area (Å²) in [5, 5.41) is 7.49. The number of methoxy groups -OCH3 is 2. The van der Waals surface area contributed by atoms with Crippen molar-refractivity contribution in [1.82, 2.24) is 20.0 Å². The molecule has 1 aromatic heterocycles. The van der Waals surface area contributed by atoms with E-state index in [9.17, 15) is 4.79 Å². The molecule has 3 rings (SSSR count). The van der Waals surface area contributed by atoms with Crippen LogP contribution < -0.4 is 19.7 Å². The van der Waals surface area contributed by atoms with Gasteiger partial charge in [0.2, 0.25) is 5.91 Å². The van der Waals surface area contributed by atoms with Gasteiger partial charge < -0.3 is 24.6 Å². The predicted molar refractivity (Wildman–Crippen MR) is 112 cm³/mol. The Kier molecular flexibility index (Phi) is 6.58. The molecule has 0 unspecified atom stereocenters. The van der Waals surface area contributed by atoms with Gasteiger partial charge in [-0.25, -0.2) is 0 Å². The van der Waals surface area contributed by atoms with E-state index in [0.29, 0.717) is 31.1 Å². The molecular weight excluding hydrogens is 372 g/mol. The number of guanidine groups is 1. The molecule has 9 nitrogen and oxygen atoms in total. The number of aromatic nitrogens is 2. The molecule has 1 amide bonds. The molecular formula is C20H28N6O3. The molecule has 1 N–H and O–H groups in total. The molecule has 156 valence electrons. The molecule has 1 aliphatic heterocycles. The number of aryl methyl sites for hydroxylation is 1. The smallest absolute Gasteiger partial charge is 0.246 e. The molecule has 2 aromatic rings. The number of ether oxygens (including phenoxy) is 2. The Morgan fingerprint density at radius 2 is 2.03 bits per heavy atom. The van der Waals surface area contributed by atoms with E-state index < -0.39 is 0 Å². The molecule has 2 heterocycles. The first-order valence-corrected chi connectivity index (χ1v) is 9.51. The fraction of sp³-hybridized carbons (Fsp3) is 0.450. The van der Waals surface area contributed by atoms with Gasteiger partial charge in [0.05, 0.1) is 26.1 Å². The molecule has 1 aliphatic rings. The molecule has 29 heavy (non-hydrogen) atoms. The van der Waals surface area contributed by atoms with Gasteiger partial charge in [-0.2, -0.15) is 5.10 Å². The molecule has 1 aromatic carbocycles. The Labute approximate surface area is 170 Å². The van der Waals surface area contributed by atoms with Gasteiger partial charge in [0.15, 0.2) is 17.5 Å². The van der Waals surface area contributed by atoms with Crippen LogP contribution in [0.25, 0.3) is 0 Å². The average molecular weight is 400 g/mol. The van der Waals surface area contributed by atoms with Gasteiger partial charge in [0.25, 0.3) is 0 Å². The Hall–Kier alpha value is -3.23. The molecule has 0 bridgehead atoms. The monoisotopic (exact) mass is 400 g/mol. The summed E-state index contributed by atoms with van der Waals surface area (Å²) in [6, 6.07) is 5.89. The summed E-state index contributed by atoms with van der Waals surface area (Å²) < 4.78 is 12.3. The number of hydrogen-bond acceptors (Lipinski definition) is 5. The van der Waals surface area contributed by atoms with Gasteiger partial charge in [-0.05, 0) is 24.1 Å². The van der Waals surface area contributed by atoms with Crippen LogP contribution in [0.4, 0.5) is 5.69 Å². The fourth-order valence-electron chi connectivity index (χ4n) is 3.36. The number of aliphatic imine (C=N–C) groups is 1. The van der Waals surface area contributed by atoms with Crippen LogP contribution >= 0.6 is 0 Å². The van der Waals surface area contributed by atoms with E-state index in [-0.39, 0.29) is 12.5 Å². The molecule has 1 saturated heterocycles. The van der Waals surface area contributed by atoms with Gasteiger partial charge in [-0.15, -0.1) is 0 Å². The highest BCUT2D eigenvalue weighted by molar-refractivity contribution is 5.98. The van der Waals surface area contributed by atoms with Gasteiger partial charge in [-0.1, -0.05) is 6.07 Å². The summed E-state index contributed by atoms with van der Waals surface area (Å²) >= 11 is 0. The third-order valence-corrected chi connectivity index (χ3v) is 4.88. The van der Waals surface area contributed by atoms with Crippen LogP contribution in [0.3, 0.4) is 0 Å². The first kappa shape index (κ1) is 20.5. The Morgan fingerprint density at radius 3 is 2.66 bits per heavy atom. The zero-order valence-electron chi connectivity index (χ0n) is 17.4. The molecule has 0 radical (unpaired) electrons. The molecule has 0 spiro atoms. The number of nitrogens with zero attached hydrogens (tertiary/aromatic N) is 5. The van der Waals surface area contributed by atoms with Crippen molar-refractivity contribution in [2.45, 2.75) is 6.42 Å². The SMILES string of the molecule is CN=C(NCCc1ccc(OC)c(OC)c1)N1CCN(c2cnn(C)c2)C(=O)C1. The van der Waals surface area contributed by atoms with Crippen molar-refractivity contribution < 1.29 is 14.3 Å². The summed E-state index contributed by atoms with van der Waals surface area (Å²) in [7, 11) is 6.83. The molecule has 9 heteroatoms. The van der Waals surface area contributed by atoms with Crippen LogP contribution in [0.5, 0.6) is 11.5 Å². The van der Waals surface area contributed by atoms with Crippen LogP contribution in [0, 0.1) is 0 Å². The standard InChI is InChI=1S/C20H28N6O3/c1-21-20(22-8-7-15-5-6-17(28-3)18(11-15)29-4)25-9-10-26(19(27)14-25)16-12-23-24(2)13-16/h5-6,11-13H,7-10,14H2,1-4H3,(H,21,22). The number of hydrogen-bond donors (Lipinski definition) is 1. The number of rotatable bonds is 6. The number of carbonyl (C=O) groups excluding carboxylic acids is 1. The second kappa shape index (κ2) is 9.31. The first-order valence-electron chi connectivity index (χ1n) is 9.51. The normalized spacial score (nSPS) is 14.9. The quantitative estimate of drug-likeness (QED) is 0.573. The minimum Gasteiger partial charge on any atom is -0.493 e. The third kappa shape index (κ3) is 4.79. The van der Waals surface area contributed by atoms with Crippen LogP contribution in [0.15, 0.2) is 35.6 Å². The van der Waals surface area contributed by atoms with E-state index in [0.717, 1.165) is 23.6 Å². The summed E-state index contributed by atoms with van der Waals surface area (Å²) in [6.07, 6.45) is 4.36. The van der Waals surface area contributed by atoms with E-state index in [1.54, 1.807) is 37.0 Å². The highest BCUT2D eigenvalue weighted by Gasteiger charge is 2.27. The number of anilines is 1. The fourth-order valence-corrected chi connectivity index (χ4v) is 3.36. The van der Waals surface area contributed by atoms with E-state index in [2.05, 4.69) is 15.4 Å². The van der Waals surface area contributed by atoms with Crippen molar-refractivity contribution in [2.24, 2.45) is 12.0 Å². The van der Waals surface area contributed by atoms with Crippen molar-refractivity contribution >= 4 is 17.6 Å². The van der Waals surface area contributed by atoms with Crippen molar-refractivity contribution in [1.29, 1.82) is 0 Å². The lowest BCUT2D eigenvalue weighted by Gasteiger charge is -2.35. The minimum absolute atomic E-state index is 0.0343.